The van der Waals surface area contributed by atoms with E-state index in [0.29, 0.717) is 11.5 Å². The second-order valence-electron chi connectivity index (χ2n) is 4.11. The van der Waals surface area contributed by atoms with Gasteiger partial charge >= 0.3 is 0 Å². The van der Waals surface area contributed by atoms with Gasteiger partial charge in [0.1, 0.15) is 11.6 Å². The summed E-state index contributed by atoms with van der Waals surface area (Å²) in [5.74, 6) is 0.309. The van der Waals surface area contributed by atoms with Crippen LogP contribution in [0.1, 0.15) is 13.0 Å². The highest BCUT2D eigenvalue weighted by atomic mass is 16.2. The number of carbonyl (C=O) groups excluding carboxylic acids is 1. The van der Waals surface area contributed by atoms with Gasteiger partial charge in [-0.15, -0.1) is 0 Å². The number of carbonyl (C=O) groups is 1. The zero-order chi connectivity index (χ0) is 12.6. The number of nitrogen functional groups attached to an aromatic ring is 1. The zero-order valence-electron chi connectivity index (χ0n) is 10.1. The SMILES string of the molecule is CC(C(=O)N(C)C)n1c(N)nc2cnccc21. The Morgan fingerprint density at radius 1 is 1.53 bits per heavy atom. The Morgan fingerprint density at radius 3 is 2.88 bits per heavy atom. The second-order valence-corrected chi connectivity index (χ2v) is 4.11. The Morgan fingerprint density at radius 2 is 2.24 bits per heavy atom. The standard InChI is InChI=1S/C11H15N5O/c1-7(10(17)15(2)3)16-9-4-5-13-6-8(9)14-11(16)12/h4-7H,1-3H3,(H2,12,14). The maximum Gasteiger partial charge on any atom is 0.244 e. The van der Waals surface area contributed by atoms with Crippen molar-refractivity contribution < 1.29 is 4.79 Å². The van der Waals surface area contributed by atoms with Gasteiger partial charge in [0.25, 0.3) is 0 Å². The Bertz CT molecular complexity index is 560. The number of likely N-dealkylation sites (N-methyl/N-ethyl adjacent to an activating group) is 1. The first-order valence-electron chi connectivity index (χ1n) is 5.31. The van der Waals surface area contributed by atoms with Crippen LogP contribution in [0.4, 0.5) is 5.95 Å². The molecule has 0 saturated carbocycles. The third-order valence-corrected chi connectivity index (χ3v) is 2.70. The summed E-state index contributed by atoms with van der Waals surface area (Å²) in [6.07, 6.45) is 3.29. The molecule has 0 spiro atoms. The van der Waals surface area contributed by atoms with Crippen molar-refractivity contribution in [3.05, 3.63) is 18.5 Å². The van der Waals surface area contributed by atoms with Gasteiger partial charge < -0.3 is 10.6 Å². The highest BCUT2D eigenvalue weighted by Crippen LogP contribution is 2.22. The molecule has 0 aliphatic rings. The third kappa shape index (κ3) is 1.82. The van der Waals surface area contributed by atoms with Crippen molar-refractivity contribution in [2.24, 2.45) is 0 Å². The lowest BCUT2D eigenvalue weighted by Gasteiger charge is -2.19. The molecular formula is C11H15N5O. The van der Waals surface area contributed by atoms with Crippen molar-refractivity contribution in [3.63, 3.8) is 0 Å². The lowest BCUT2D eigenvalue weighted by atomic mass is 10.3. The molecule has 2 aromatic heterocycles. The average Bonchev–Trinajstić information content (AvgIpc) is 2.62. The van der Waals surface area contributed by atoms with Crippen LogP contribution in [0.5, 0.6) is 0 Å². The lowest BCUT2D eigenvalue weighted by molar-refractivity contribution is -0.131. The summed E-state index contributed by atoms with van der Waals surface area (Å²) < 4.78 is 1.72. The van der Waals surface area contributed by atoms with Crippen LogP contribution in [-0.2, 0) is 4.79 Å². The lowest BCUT2D eigenvalue weighted by Crippen LogP contribution is -2.30. The molecule has 2 heterocycles. The molecule has 1 atom stereocenters. The first kappa shape index (κ1) is 11.4. The number of imidazole rings is 1. The maximum atomic E-state index is 11.9. The number of amides is 1. The maximum absolute atomic E-state index is 11.9. The predicted molar refractivity (Wildman–Crippen MR) is 65.3 cm³/mol. The topological polar surface area (TPSA) is 77.0 Å². The Labute approximate surface area is 99.1 Å². The molecule has 0 saturated heterocycles. The van der Waals surface area contributed by atoms with Crippen molar-refractivity contribution in [2.45, 2.75) is 13.0 Å². The number of rotatable bonds is 2. The molecule has 2 aromatic rings. The smallest absolute Gasteiger partial charge is 0.244 e. The molecule has 1 unspecified atom stereocenters. The molecule has 0 aromatic carbocycles. The highest BCUT2D eigenvalue weighted by molar-refractivity contribution is 5.84. The first-order chi connectivity index (χ1) is 8.02. The van der Waals surface area contributed by atoms with E-state index in [-0.39, 0.29) is 11.9 Å². The third-order valence-electron chi connectivity index (χ3n) is 2.70. The fourth-order valence-electron chi connectivity index (χ4n) is 1.86. The molecule has 6 heteroatoms. The minimum Gasteiger partial charge on any atom is -0.369 e. The van der Waals surface area contributed by atoms with E-state index in [9.17, 15) is 4.79 Å². The number of nitrogens with zero attached hydrogens (tertiary/aromatic N) is 4. The van der Waals surface area contributed by atoms with Gasteiger partial charge in [-0.05, 0) is 13.0 Å². The monoisotopic (exact) mass is 233 g/mol. The van der Waals surface area contributed by atoms with Crippen molar-refractivity contribution >= 4 is 22.9 Å². The van der Waals surface area contributed by atoms with Crippen LogP contribution in [0.15, 0.2) is 18.5 Å². The van der Waals surface area contributed by atoms with Gasteiger partial charge in [-0.1, -0.05) is 0 Å². The number of fused-ring (bicyclic) bond motifs is 1. The summed E-state index contributed by atoms with van der Waals surface area (Å²) in [6, 6.07) is 1.43. The van der Waals surface area contributed by atoms with E-state index < -0.39 is 0 Å². The minimum absolute atomic E-state index is 0.0205. The summed E-state index contributed by atoms with van der Waals surface area (Å²) in [7, 11) is 3.44. The number of hydrogen-bond acceptors (Lipinski definition) is 4. The van der Waals surface area contributed by atoms with E-state index in [1.165, 1.54) is 4.90 Å². The Balaban J connectivity index is 2.55. The van der Waals surface area contributed by atoms with Crippen LogP contribution in [0.3, 0.4) is 0 Å². The van der Waals surface area contributed by atoms with Gasteiger partial charge in [-0.3, -0.25) is 14.3 Å². The van der Waals surface area contributed by atoms with Crippen LogP contribution in [0.25, 0.3) is 11.0 Å². The zero-order valence-corrected chi connectivity index (χ0v) is 10.1. The van der Waals surface area contributed by atoms with E-state index in [0.717, 1.165) is 5.52 Å². The summed E-state index contributed by atoms with van der Waals surface area (Å²) >= 11 is 0. The van der Waals surface area contributed by atoms with E-state index in [2.05, 4.69) is 9.97 Å². The molecule has 2 N–H and O–H groups in total. The normalized spacial score (nSPS) is 12.6. The van der Waals surface area contributed by atoms with E-state index >= 15 is 0 Å². The van der Waals surface area contributed by atoms with Crippen molar-refractivity contribution in [3.8, 4) is 0 Å². The molecule has 90 valence electrons. The molecule has 2 rings (SSSR count). The number of anilines is 1. The fourth-order valence-corrected chi connectivity index (χ4v) is 1.86. The van der Waals surface area contributed by atoms with E-state index in [1.54, 1.807) is 44.0 Å². The van der Waals surface area contributed by atoms with Crippen molar-refractivity contribution in [2.75, 3.05) is 19.8 Å². The highest BCUT2D eigenvalue weighted by Gasteiger charge is 2.21. The van der Waals surface area contributed by atoms with Crippen LogP contribution >= 0.6 is 0 Å². The first-order valence-corrected chi connectivity index (χ1v) is 5.31. The van der Waals surface area contributed by atoms with Gasteiger partial charge in [0.05, 0.1) is 11.7 Å². The van der Waals surface area contributed by atoms with E-state index in [4.69, 9.17) is 5.73 Å². The van der Waals surface area contributed by atoms with Gasteiger partial charge in [-0.2, -0.15) is 0 Å². The number of pyridine rings is 1. The average molecular weight is 233 g/mol. The quantitative estimate of drug-likeness (QED) is 0.826. The molecule has 0 bridgehead atoms. The Kier molecular flexibility index (Phi) is 2.71. The molecule has 0 aliphatic carbocycles. The molecule has 0 radical (unpaired) electrons. The fraction of sp³-hybridized carbons (Fsp3) is 0.364. The number of nitrogens with two attached hydrogens (primary N) is 1. The summed E-state index contributed by atoms with van der Waals surface area (Å²) in [5, 5.41) is 0. The Hall–Kier alpha value is -2.11. The predicted octanol–water partition coefficient (Wildman–Crippen LogP) is 0.663. The van der Waals surface area contributed by atoms with Crippen molar-refractivity contribution in [1.29, 1.82) is 0 Å². The van der Waals surface area contributed by atoms with Gasteiger partial charge in [0.15, 0.2) is 0 Å². The van der Waals surface area contributed by atoms with Crippen LogP contribution in [-0.4, -0.2) is 39.4 Å². The summed E-state index contributed by atoms with van der Waals surface area (Å²) in [4.78, 5) is 21.6. The molecule has 0 fully saturated rings. The van der Waals surface area contributed by atoms with Crippen LogP contribution in [0, 0.1) is 0 Å². The molecule has 17 heavy (non-hydrogen) atoms. The number of hydrogen-bond donors (Lipinski definition) is 1. The van der Waals surface area contributed by atoms with Crippen LogP contribution < -0.4 is 5.73 Å². The summed E-state index contributed by atoms with van der Waals surface area (Å²) in [5.41, 5.74) is 7.36. The van der Waals surface area contributed by atoms with Gasteiger partial charge in [-0.25, -0.2) is 4.98 Å². The molecular weight excluding hydrogens is 218 g/mol. The van der Waals surface area contributed by atoms with Gasteiger partial charge in [0.2, 0.25) is 11.9 Å². The van der Waals surface area contributed by atoms with Crippen molar-refractivity contribution in [1.82, 2.24) is 19.4 Å². The van der Waals surface area contributed by atoms with Crippen LogP contribution in [0.2, 0.25) is 0 Å². The van der Waals surface area contributed by atoms with E-state index in [1.807, 2.05) is 0 Å². The molecule has 0 aliphatic heterocycles. The molecule has 1 amide bonds. The second kappa shape index (κ2) is 4.04. The molecule has 6 nitrogen and oxygen atoms in total. The van der Waals surface area contributed by atoms with Gasteiger partial charge in [0, 0.05) is 20.3 Å². The largest absolute Gasteiger partial charge is 0.369 e. The summed E-state index contributed by atoms with van der Waals surface area (Å²) in [6.45, 7) is 1.81. The minimum atomic E-state index is -0.377. The number of aromatic nitrogens is 3.